The van der Waals surface area contributed by atoms with Crippen molar-refractivity contribution in [2.75, 3.05) is 0 Å². The minimum atomic E-state index is 0.135. The van der Waals surface area contributed by atoms with Crippen molar-refractivity contribution in [3.8, 4) is 0 Å². The van der Waals surface area contributed by atoms with Gasteiger partial charge in [0, 0.05) is 23.7 Å². The van der Waals surface area contributed by atoms with E-state index in [0.717, 1.165) is 33.5 Å². The van der Waals surface area contributed by atoms with E-state index in [-0.39, 0.29) is 5.91 Å². The summed E-state index contributed by atoms with van der Waals surface area (Å²) in [4.78, 5) is 22.8. The summed E-state index contributed by atoms with van der Waals surface area (Å²) < 4.78 is 0. The van der Waals surface area contributed by atoms with Crippen LogP contribution in [0.25, 0.3) is 4.85 Å². The number of fused-ring (bicyclic) bond motifs is 2. The summed E-state index contributed by atoms with van der Waals surface area (Å²) in [5.74, 6) is 0.135. The Balaban J connectivity index is 1.44. The van der Waals surface area contributed by atoms with Gasteiger partial charge >= 0.3 is 0 Å². The van der Waals surface area contributed by atoms with Gasteiger partial charge in [-0.25, -0.2) is 4.85 Å². The van der Waals surface area contributed by atoms with Crippen LogP contribution in [0.2, 0.25) is 5.02 Å². The second kappa shape index (κ2) is 7.44. The molecule has 5 rings (SSSR count). The standard InChI is InChI=1S/C25H18ClN3O/c1-27-22-7-5-17(6-8-22)25-23-11-20-15-29(14-16-3-2-4-21(26)9-16)24(30)12-18(20)10-19(23)13-28-25/h2-11H,12-15H2. The van der Waals surface area contributed by atoms with E-state index < -0.39 is 0 Å². The summed E-state index contributed by atoms with van der Waals surface area (Å²) in [6.45, 7) is 8.89. The highest BCUT2D eigenvalue weighted by Gasteiger charge is 2.27. The minimum absolute atomic E-state index is 0.135. The van der Waals surface area contributed by atoms with Gasteiger partial charge in [0.05, 0.1) is 25.2 Å². The predicted molar refractivity (Wildman–Crippen MR) is 118 cm³/mol. The van der Waals surface area contributed by atoms with Crippen molar-refractivity contribution in [2.24, 2.45) is 4.99 Å². The lowest BCUT2D eigenvalue weighted by Crippen LogP contribution is -2.35. The van der Waals surface area contributed by atoms with Gasteiger partial charge in [-0.05, 0) is 46.0 Å². The molecule has 0 aliphatic carbocycles. The molecule has 1 amide bonds. The molecule has 4 nitrogen and oxygen atoms in total. The maximum atomic E-state index is 12.7. The molecule has 146 valence electrons. The Kier molecular flexibility index (Phi) is 4.61. The first-order chi connectivity index (χ1) is 14.6. The number of halogens is 1. The third-order valence-electron chi connectivity index (χ3n) is 5.68. The lowest BCUT2D eigenvalue weighted by atomic mass is 9.91. The van der Waals surface area contributed by atoms with Gasteiger partial charge in [0.15, 0.2) is 5.69 Å². The quantitative estimate of drug-likeness (QED) is 0.537. The van der Waals surface area contributed by atoms with E-state index in [4.69, 9.17) is 23.2 Å². The Morgan fingerprint density at radius 3 is 2.63 bits per heavy atom. The molecular weight excluding hydrogens is 394 g/mol. The van der Waals surface area contributed by atoms with Gasteiger partial charge in [-0.1, -0.05) is 54.1 Å². The fourth-order valence-electron chi connectivity index (χ4n) is 4.16. The second-order valence-corrected chi connectivity index (χ2v) is 8.09. The normalized spacial score (nSPS) is 14.7. The molecule has 0 bridgehead atoms. The summed E-state index contributed by atoms with van der Waals surface area (Å²) in [6, 6.07) is 19.5. The van der Waals surface area contributed by atoms with Gasteiger partial charge in [0.2, 0.25) is 5.91 Å². The van der Waals surface area contributed by atoms with Crippen LogP contribution in [0.1, 0.15) is 33.4 Å². The first-order valence-corrected chi connectivity index (χ1v) is 10.2. The number of benzene rings is 3. The highest BCUT2D eigenvalue weighted by Crippen LogP contribution is 2.31. The number of hydrogen-bond acceptors (Lipinski definition) is 2. The molecule has 0 unspecified atom stereocenters. The largest absolute Gasteiger partial charge is 0.334 e. The lowest BCUT2D eigenvalue weighted by molar-refractivity contribution is -0.132. The molecule has 2 aliphatic rings. The number of nitrogens with zero attached hydrogens (tertiary/aromatic N) is 3. The fraction of sp³-hybridized carbons (Fsp3) is 0.160. The van der Waals surface area contributed by atoms with Gasteiger partial charge in [0.25, 0.3) is 0 Å². The summed E-state index contributed by atoms with van der Waals surface area (Å²) in [5, 5.41) is 0.681. The van der Waals surface area contributed by atoms with E-state index in [2.05, 4.69) is 17.0 Å². The average molecular weight is 412 g/mol. The number of amides is 1. The number of carbonyl (C=O) groups excluding carboxylic acids is 1. The van der Waals surface area contributed by atoms with Crippen LogP contribution in [0.4, 0.5) is 5.69 Å². The zero-order chi connectivity index (χ0) is 20.7. The first kappa shape index (κ1) is 18.6. The van der Waals surface area contributed by atoms with Crippen LogP contribution in [0, 0.1) is 6.57 Å². The molecule has 30 heavy (non-hydrogen) atoms. The summed E-state index contributed by atoms with van der Waals surface area (Å²) >= 11 is 6.10. The van der Waals surface area contributed by atoms with Crippen molar-refractivity contribution >= 4 is 28.9 Å². The Morgan fingerprint density at radius 2 is 1.87 bits per heavy atom. The van der Waals surface area contributed by atoms with E-state index in [0.29, 0.717) is 36.8 Å². The molecular formula is C25H18ClN3O. The van der Waals surface area contributed by atoms with Crippen molar-refractivity contribution in [3.05, 3.63) is 110 Å². The fourth-order valence-corrected chi connectivity index (χ4v) is 4.37. The molecule has 2 aliphatic heterocycles. The first-order valence-electron chi connectivity index (χ1n) is 9.80. The van der Waals surface area contributed by atoms with Gasteiger partial charge in [0.1, 0.15) is 0 Å². The molecule has 0 aromatic heterocycles. The Hall–Kier alpha value is -3.42. The van der Waals surface area contributed by atoms with E-state index in [1.165, 1.54) is 5.56 Å². The maximum absolute atomic E-state index is 12.7. The van der Waals surface area contributed by atoms with Crippen molar-refractivity contribution in [3.63, 3.8) is 0 Å². The van der Waals surface area contributed by atoms with Crippen molar-refractivity contribution in [2.45, 2.75) is 26.1 Å². The zero-order valence-corrected chi connectivity index (χ0v) is 17.0. The predicted octanol–water partition coefficient (Wildman–Crippen LogP) is 5.33. The van der Waals surface area contributed by atoms with Crippen LogP contribution in [-0.4, -0.2) is 16.5 Å². The molecule has 0 radical (unpaired) electrons. The van der Waals surface area contributed by atoms with Crippen molar-refractivity contribution < 1.29 is 4.79 Å². The number of aliphatic imine (C=N–C) groups is 1. The Bertz CT molecular complexity index is 1240. The van der Waals surface area contributed by atoms with Crippen LogP contribution >= 0.6 is 11.6 Å². The summed E-state index contributed by atoms with van der Waals surface area (Å²) in [7, 11) is 0. The minimum Gasteiger partial charge on any atom is -0.334 e. The van der Waals surface area contributed by atoms with Gasteiger partial charge in [-0.2, -0.15) is 0 Å². The van der Waals surface area contributed by atoms with Crippen LogP contribution in [0.15, 0.2) is 65.7 Å². The number of carbonyl (C=O) groups is 1. The van der Waals surface area contributed by atoms with Crippen molar-refractivity contribution in [1.29, 1.82) is 0 Å². The summed E-state index contributed by atoms with van der Waals surface area (Å²) in [6.07, 6.45) is 0.415. The van der Waals surface area contributed by atoms with E-state index in [1.54, 1.807) is 0 Å². The monoisotopic (exact) mass is 411 g/mol. The molecule has 2 heterocycles. The average Bonchev–Trinajstić information content (AvgIpc) is 3.15. The zero-order valence-electron chi connectivity index (χ0n) is 16.2. The maximum Gasteiger partial charge on any atom is 0.227 e. The molecule has 0 fully saturated rings. The Labute approximate surface area is 180 Å². The smallest absolute Gasteiger partial charge is 0.227 e. The Morgan fingerprint density at radius 1 is 1.03 bits per heavy atom. The molecule has 0 atom stereocenters. The third-order valence-corrected chi connectivity index (χ3v) is 5.91. The lowest BCUT2D eigenvalue weighted by Gasteiger charge is -2.29. The molecule has 5 heteroatoms. The third kappa shape index (κ3) is 3.38. The van der Waals surface area contributed by atoms with E-state index >= 15 is 0 Å². The SMILES string of the molecule is [C-]#[N+]c1ccc(C2=NCc3cc4c(cc32)CN(Cc2cccc(Cl)c2)C(=O)C4)cc1. The van der Waals surface area contributed by atoms with Gasteiger partial charge < -0.3 is 4.90 Å². The highest BCUT2D eigenvalue weighted by molar-refractivity contribution is 6.30. The van der Waals surface area contributed by atoms with E-state index in [1.807, 2.05) is 53.4 Å². The highest BCUT2D eigenvalue weighted by atomic mass is 35.5. The molecule has 3 aromatic rings. The van der Waals surface area contributed by atoms with Crippen molar-refractivity contribution in [1.82, 2.24) is 4.90 Å². The van der Waals surface area contributed by atoms with Crippen LogP contribution in [-0.2, 0) is 30.8 Å². The number of rotatable bonds is 3. The van der Waals surface area contributed by atoms with Crippen LogP contribution in [0.3, 0.4) is 0 Å². The second-order valence-electron chi connectivity index (χ2n) is 7.66. The van der Waals surface area contributed by atoms with E-state index in [9.17, 15) is 4.79 Å². The molecule has 0 saturated carbocycles. The topological polar surface area (TPSA) is 37.0 Å². The van der Waals surface area contributed by atoms with Gasteiger partial charge in [-0.15, -0.1) is 0 Å². The van der Waals surface area contributed by atoms with Gasteiger partial charge in [-0.3, -0.25) is 9.79 Å². The molecule has 0 N–H and O–H groups in total. The molecule has 3 aromatic carbocycles. The van der Waals surface area contributed by atoms with Crippen LogP contribution in [0.5, 0.6) is 0 Å². The van der Waals surface area contributed by atoms with Crippen LogP contribution < -0.4 is 0 Å². The molecule has 0 saturated heterocycles. The molecule has 0 spiro atoms. The number of hydrogen-bond donors (Lipinski definition) is 0. The summed E-state index contributed by atoms with van der Waals surface area (Å²) in [5.41, 5.74) is 8.19.